The minimum absolute atomic E-state index is 0.103. The third kappa shape index (κ3) is 3.35. The molecule has 2 aromatic rings. The highest BCUT2D eigenvalue weighted by Crippen LogP contribution is 2.46. The van der Waals surface area contributed by atoms with Gasteiger partial charge in [-0.3, -0.25) is 0 Å². The summed E-state index contributed by atoms with van der Waals surface area (Å²) in [4.78, 5) is 10.9. The number of aromatic nitrogens is 2. The van der Waals surface area contributed by atoms with Crippen LogP contribution in [0.2, 0.25) is 0 Å². The Kier molecular flexibility index (Phi) is 3.65. The molecule has 1 saturated carbocycles. The molecule has 1 fully saturated rings. The van der Waals surface area contributed by atoms with Crippen molar-refractivity contribution in [3.63, 3.8) is 0 Å². The van der Waals surface area contributed by atoms with Crippen LogP contribution in [0.3, 0.4) is 0 Å². The van der Waals surface area contributed by atoms with Gasteiger partial charge in [0.15, 0.2) is 0 Å². The van der Waals surface area contributed by atoms with Gasteiger partial charge in [0.2, 0.25) is 0 Å². The summed E-state index contributed by atoms with van der Waals surface area (Å²) in [6, 6.07) is 2.12. The molecule has 0 atom stereocenters. The van der Waals surface area contributed by atoms with Crippen LogP contribution in [-0.2, 0) is 16.3 Å². The lowest BCUT2D eigenvalue weighted by atomic mass is 10.1. The zero-order valence-electron chi connectivity index (χ0n) is 12.2. The fraction of sp³-hybridized carbons (Fsp3) is 0.571. The first-order valence-electron chi connectivity index (χ1n) is 7.06. The van der Waals surface area contributed by atoms with Crippen molar-refractivity contribution >= 4 is 37.2 Å². The second kappa shape index (κ2) is 5.21. The lowest BCUT2D eigenvalue weighted by Gasteiger charge is -2.15. The third-order valence-corrected chi connectivity index (χ3v) is 6.21. The van der Waals surface area contributed by atoms with Gasteiger partial charge in [-0.2, -0.15) is 0 Å². The van der Waals surface area contributed by atoms with Crippen LogP contribution in [0.15, 0.2) is 12.4 Å². The maximum atomic E-state index is 11.5. The average Bonchev–Trinajstić information content (AvgIpc) is 3.01. The molecule has 0 spiro atoms. The van der Waals surface area contributed by atoms with E-state index in [1.165, 1.54) is 11.1 Å². The van der Waals surface area contributed by atoms with Crippen molar-refractivity contribution in [2.75, 3.05) is 23.9 Å². The second-order valence-corrected chi connectivity index (χ2v) is 9.19. The Balaban J connectivity index is 1.78. The highest BCUT2D eigenvalue weighted by Gasteiger charge is 2.45. The molecule has 0 aliphatic heterocycles. The predicted octanol–water partition coefficient (Wildman–Crippen LogP) is 2.49. The molecule has 0 radical (unpaired) electrons. The summed E-state index contributed by atoms with van der Waals surface area (Å²) in [5.74, 6) is 1.07. The summed E-state index contributed by atoms with van der Waals surface area (Å²) >= 11 is 1.68. The molecule has 114 valence electrons. The fourth-order valence-electron chi connectivity index (χ4n) is 2.60. The quantitative estimate of drug-likeness (QED) is 0.883. The van der Waals surface area contributed by atoms with E-state index >= 15 is 0 Å². The van der Waals surface area contributed by atoms with Crippen molar-refractivity contribution in [3.05, 3.63) is 17.3 Å². The van der Waals surface area contributed by atoms with Crippen LogP contribution in [0.5, 0.6) is 0 Å². The molecule has 2 heterocycles. The fourth-order valence-corrected chi connectivity index (χ4v) is 5.03. The molecule has 1 N–H and O–H groups in total. The van der Waals surface area contributed by atoms with Crippen LogP contribution < -0.4 is 5.32 Å². The topological polar surface area (TPSA) is 72.0 Å². The van der Waals surface area contributed by atoms with Gasteiger partial charge in [0.25, 0.3) is 0 Å². The Labute approximate surface area is 128 Å². The van der Waals surface area contributed by atoms with E-state index in [0.717, 1.165) is 35.3 Å². The number of rotatable bonds is 6. The van der Waals surface area contributed by atoms with Crippen molar-refractivity contribution in [1.29, 1.82) is 0 Å². The van der Waals surface area contributed by atoms with Crippen LogP contribution in [0.4, 0.5) is 5.82 Å². The minimum atomic E-state index is -2.94. The minimum Gasteiger partial charge on any atom is -0.369 e. The molecule has 7 heteroatoms. The smallest absolute Gasteiger partial charge is 0.148 e. The van der Waals surface area contributed by atoms with Crippen molar-refractivity contribution in [2.24, 2.45) is 5.41 Å². The first-order chi connectivity index (χ1) is 9.91. The largest absolute Gasteiger partial charge is 0.369 e. The first kappa shape index (κ1) is 14.7. The van der Waals surface area contributed by atoms with Gasteiger partial charge in [0, 0.05) is 23.1 Å². The van der Waals surface area contributed by atoms with Gasteiger partial charge in [-0.25, -0.2) is 18.4 Å². The summed E-state index contributed by atoms with van der Waals surface area (Å²) in [5.41, 5.74) is -0.103. The van der Waals surface area contributed by atoms with Gasteiger partial charge >= 0.3 is 0 Å². The predicted molar refractivity (Wildman–Crippen MR) is 86.7 cm³/mol. The van der Waals surface area contributed by atoms with Gasteiger partial charge in [0.05, 0.1) is 11.1 Å². The molecule has 0 unspecified atom stereocenters. The Morgan fingerprint density at radius 1 is 1.38 bits per heavy atom. The number of aryl methyl sites for hydroxylation is 1. The van der Waals surface area contributed by atoms with E-state index in [1.54, 1.807) is 17.7 Å². The Morgan fingerprint density at radius 3 is 2.76 bits per heavy atom. The number of hydrogen-bond donors (Lipinski definition) is 1. The molecule has 2 aromatic heterocycles. The number of nitrogens with zero attached hydrogens (tertiary/aromatic N) is 2. The highest BCUT2D eigenvalue weighted by molar-refractivity contribution is 7.90. The first-order valence-corrected chi connectivity index (χ1v) is 9.93. The maximum Gasteiger partial charge on any atom is 0.148 e. The summed E-state index contributed by atoms with van der Waals surface area (Å²) in [6.07, 6.45) is 5.79. The number of thiophene rings is 1. The standard InChI is InChI=1S/C14H19N3O2S2/c1-3-10-6-11-12(16-9-17-13(11)20-10)15-7-14(4-5-14)8-21(2,18)19/h6,9H,3-5,7-8H2,1-2H3,(H,15,16,17). The molecule has 0 bridgehead atoms. The summed E-state index contributed by atoms with van der Waals surface area (Å²) in [5, 5.41) is 4.38. The zero-order chi connectivity index (χ0) is 15.1. The van der Waals surface area contributed by atoms with Gasteiger partial charge in [-0.1, -0.05) is 6.92 Å². The second-order valence-electron chi connectivity index (χ2n) is 5.93. The number of fused-ring (bicyclic) bond motifs is 1. The number of nitrogens with one attached hydrogen (secondary N) is 1. The van der Waals surface area contributed by atoms with Crippen LogP contribution in [0.1, 0.15) is 24.6 Å². The molecule has 0 saturated heterocycles. The van der Waals surface area contributed by atoms with E-state index in [0.29, 0.717) is 6.54 Å². The lowest BCUT2D eigenvalue weighted by molar-refractivity contribution is 0.560. The van der Waals surface area contributed by atoms with Crippen molar-refractivity contribution in [3.8, 4) is 0 Å². The Hall–Kier alpha value is -1.21. The molecular weight excluding hydrogens is 306 g/mol. The molecule has 5 nitrogen and oxygen atoms in total. The molecular formula is C14H19N3O2S2. The van der Waals surface area contributed by atoms with Crippen LogP contribution >= 0.6 is 11.3 Å². The van der Waals surface area contributed by atoms with E-state index in [1.807, 2.05) is 0 Å². The van der Waals surface area contributed by atoms with E-state index in [4.69, 9.17) is 0 Å². The Bertz CT molecular complexity index is 764. The van der Waals surface area contributed by atoms with E-state index in [2.05, 4.69) is 28.3 Å². The van der Waals surface area contributed by atoms with Gasteiger partial charge in [-0.05, 0) is 25.3 Å². The summed E-state index contributed by atoms with van der Waals surface area (Å²) < 4.78 is 23.0. The molecule has 3 rings (SSSR count). The number of sulfone groups is 1. The molecule has 1 aliphatic rings. The van der Waals surface area contributed by atoms with Gasteiger partial charge < -0.3 is 5.32 Å². The molecule has 0 aromatic carbocycles. The number of hydrogen-bond acceptors (Lipinski definition) is 6. The summed E-state index contributed by atoms with van der Waals surface area (Å²) in [7, 11) is -2.94. The molecule has 0 amide bonds. The van der Waals surface area contributed by atoms with Crippen molar-refractivity contribution in [1.82, 2.24) is 9.97 Å². The SMILES string of the molecule is CCc1cc2c(NCC3(CS(C)(=O)=O)CC3)ncnc2s1. The Morgan fingerprint density at radius 2 is 2.14 bits per heavy atom. The summed E-state index contributed by atoms with van der Waals surface area (Å²) in [6.45, 7) is 2.78. The van der Waals surface area contributed by atoms with E-state index in [-0.39, 0.29) is 11.2 Å². The zero-order valence-corrected chi connectivity index (χ0v) is 13.9. The number of anilines is 1. The van der Waals surface area contributed by atoms with Crippen molar-refractivity contribution in [2.45, 2.75) is 26.2 Å². The third-order valence-electron chi connectivity index (χ3n) is 3.89. The van der Waals surface area contributed by atoms with E-state index < -0.39 is 9.84 Å². The molecule has 1 aliphatic carbocycles. The van der Waals surface area contributed by atoms with Crippen LogP contribution in [-0.4, -0.2) is 36.9 Å². The molecule has 21 heavy (non-hydrogen) atoms. The van der Waals surface area contributed by atoms with Gasteiger partial charge in [0.1, 0.15) is 26.8 Å². The lowest BCUT2D eigenvalue weighted by Crippen LogP contribution is -2.24. The average molecular weight is 325 g/mol. The maximum absolute atomic E-state index is 11.5. The van der Waals surface area contributed by atoms with Crippen molar-refractivity contribution < 1.29 is 8.42 Å². The normalized spacial score (nSPS) is 17.0. The van der Waals surface area contributed by atoms with Crippen LogP contribution in [0, 0.1) is 5.41 Å². The monoisotopic (exact) mass is 325 g/mol. The highest BCUT2D eigenvalue weighted by atomic mass is 32.2. The van der Waals surface area contributed by atoms with Crippen LogP contribution in [0.25, 0.3) is 10.2 Å². The van der Waals surface area contributed by atoms with E-state index in [9.17, 15) is 8.42 Å². The van der Waals surface area contributed by atoms with Gasteiger partial charge in [-0.15, -0.1) is 11.3 Å².